The van der Waals surface area contributed by atoms with Crippen molar-refractivity contribution in [2.45, 2.75) is 50.1 Å². The summed E-state index contributed by atoms with van der Waals surface area (Å²) in [5.41, 5.74) is 2.52. The minimum atomic E-state index is 0.251. The fraction of sp³-hybridized carbons (Fsp3) is 0.429. The van der Waals surface area contributed by atoms with Gasteiger partial charge in [0.15, 0.2) is 0 Å². The molecule has 2 fully saturated rings. The van der Waals surface area contributed by atoms with Crippen molar-refractivity contribution in [1.82, 2.24) is 5.32 Å². The lowest BCUT2D eigenvalue weighted by molar-refractivity contribution is 0.148. The number of para-hydroxylation sites is 1. The molecule has 2 nitrogen and oxygen atoms in total. The van der Waals surface area contributed by atoms with Gasteiger partial charge in [-0.3, -0.25) is 0 Å². The van der Waals surface area contributed by atoms with Crippen LogP contribution < -0.4 is 5.32 Å². The van der Waals surface area contributed by atoms with Gasteiger partial charge in [-0.25, -0.2) is 0 Å². The Bertz CT molecular complexity index is 654. The van der Waals surface area contributed by atoms with Crippen LogP contribution in [0.4, 0.5) is 0 Å². The summed E-state index contributed by atoms with van der Waals surface area (Å²) in [5, 5.41) is 14.1. The summed E-state index contributed by atoms with van der Waals surface area (Å²) in [6, 6.07) is 19.6. The SMILES string of the molecule is Oc1ccccc1[C@@H]1C[C@H](c2ccccc2)[C@H]2CCCC[C@H]2N1. The maximum Gasteiger partial charge on any atom is 0.120 e. The Morgan fingerprint density at radius 3 is 2.43 bits per heavy atom. The Kier molecular flexibility index (Phi) is 4.09. The summed E-state index contributed by atoms with van der Waals surface area (Å²) >= 11 is 0. The van der Waals surface area contributed by atoms with Crippen molar-refractivity contribution in [2.24, 2.45) is 5.92 Å². The number of benzene rings is 2. The minimum Gasteiger partial charge on any atom is -0.508 e. The first-order valence-corrected chi connectivity index (χ1v) is 8.92. The van der Waals surface area contributed by atoms with E-state index in [0.717, 1.165) is 17.9 Å². The van der Waals surface area contributed by atoms with Crippen molar-refractivity contribution >= 4 is 0 Å². The lowest BCUT2D eigenvalue weighted by Crippen LogP contribution is -2.48. The predicted molar refractivity (Wildman–Crippen MR) is 93.5 cm³/mol. The van der Waals surface area contributed by atoms with Crippen LogP contribution in [0.15, 0.2) is 54.6 Å². The molecule has 0 radical (unpaired) electrons. The van der Waals surface area contributed by atoms with Crippen LogP contribution in [0, 0.1) is 5.92 Å². The van der Waals surface area contributed by atoms with E-state index in [1.54, 1.807) is 0 Å². The van der Waals surface area contributed by atoms with Gasteiger partial charge < -0.3 is 10.4 Å². The van der Waals surface area contributed by atoms with Gasteiger partial charge in [0.1, 0.15) is 5.75 Å². The minimum absolute atomic E-state index is 0.251. The highest BCUT2D eigenvalue weighted by atomic mass is 16.3. The monoisotopic (exact) mass is 307 g/mol. The molecule has 2 N–H and O–H groups in total. The van der Waals surface area contributed by atoms with Gasteiger partial charge in [-0.05, 0) is 42.7 Å². The predicted octanol–water partition coefficient (Wildman–Crippen LogP) is 4.77. The van der Waals surface area contributed by atoms with Crippen LogP contribution in [-0.2, 0) is 0 Å². The molecule has 23 heavy (non-hydrogen) atoms. The van der Waals surface area contributed by atoms with Crippen molar-refractivity contribution in [3.8, 4) is 5.75 Å². The van der Waals surface area contributed by atoms with Crippen molar-refractivity contribution in [2.75, 3.05) is 0 Å². The van der Waals surface area contributed by atoms with Gasteiger partial charge in [-0.2, -0.15) is 0 Å². The third-order valence-electron chi connectivity index (χ3n) is 5.78. The Hall–Kier alpha value is -1.80. The van der Waals surface area contributed by atoms with Crippen LogP contribution in [0.3, 0.4) is 0 Å². The zero-order chi connectivity index (χ0) is 15.6. The van der Waals surface area contributed by atoms with Gasteiger partial charge in [0.25, 0.3) is 0 Å². The molecule has 1 saturated heterocycles. The fourth-order valence-electron chi connectivity index (χ4n) is 4.69. The van der Waals surface area contributed by atoms with E-state index in [-0.39, 0.29) is 6.04 Å². The second-order valence-corrected chi connectivity index (χ2v) is 7.09. The van der Waals surface area contributed by atoms with Crippen molar-refractivity contribution in [1.29, 1.82) is 0 Å². The molecule has 2 heteroatoms. The van der Waals surface area contributed by atoms with Gasteiger partial charge in [0.2, 0.25) is 0 Å². The third-order valence-corrected chi connectivity index (χ3v) is 5.78. The summed E-state index contributed by atoms with van der Waals surface area (Å²) in [6.45, 7) is 0. The number of fused-ring (bicyclic) bond motifs is 1. The van der Waals surface area contributed by atoms with E-state index in [1.807, 2.05) is 18.2 Å². The van der Waals surface area contributed by atoms with Gasteiger partial charge >= 0.3 is 0 Å². The molecule has 1 saturated carbocycles. The number of hydrogen-bond donors (Lipinski definition) is 2. The van der Waals surface area contributed by atoms with Crippen LogP contribution in [0.1, 0.15) is 55.2 Å². The summed E-state index contributed by atoms with van der Waals surface area (Å²) in [7, 11) is 0. The Balaban J connectivity index is 1.68. The average Bonchev–Trinajstić information content (AvgIpc) is 2.62. The van der Waals surface area contributed by atoms with Crippen molar-refractivity contribution < 1.29 is 5.11 Å². The first-order valence-electron chi connectivity index (χ1n) is 8.92. The number of nitrogens with one attached hydrogen (secondary N) is 1. The van der Waals surface area contributed by atoms with Crippen LogP contribution in [0.5, 0.6) is 5.75 Å². The molecule has 1 aliphatic carbocycles. The second-order valence-electron chi connectivity index (χ2n) is 7.09. The highest BCUT2D eigenvalue weighted by Crippen LogP contribution is 2.46. The lowest BCUT2D eigenvalue weighted by Gasteiger charge is -2.46. The molecule has 1 aliphatic heterocycles. The molecular formula is C21H25NO. The van der Waals surface area contributed by atoms with E-state index in [2.05, 4.69) is 41.7 Å². The molecule has 4 atom stereocenters. The Morgan fingerprint density at radius 2 is 1.61 bits per heavy atom. The molecule has 2 aromatic carbocycles. The molecule has 0 bridgehead atoms. The molecule has 0 amide bonds. The number of aromatic hydroxyl groups is 1. The Labute approximate surface area is 138 Å². The van der Waals surface area contributed by atoms with E-state index >= 15 is 0 Å². The second kappa shape index (κ2) is 6.37. The maximum absolute atomic E-state index is 10.3. The van der Waals surface area contributed by atoms with E-state index in [1.165, 1.54) is 31.2 Å². The Morgan fingerprint density at radius 1 is 0.870 bits per heavy atom. The van der Waals surface area contributed by atoms with Crippen LogP contribution in [0.2, 0.25) is 0 Å². The van der Waals surface area contributed by atoms with E-state index in [4.69, 9.17) is 0 Å². The third kappa shape index (κ3) is 2.88. The normalized spacial score (nSPS) is 30.6. The van der Waals surface area contributed by atoms with Gasteiger partial charge in [0.05, 0.1) is 0 Å². The highest BCUT2D eigenvalue weighted by Gasteiger charge is 2.40. The lowest BCUT2D eigenvalue weighted by atomic mass is 9.68. The fourth-order valence-corrected chi connectivity index (χ4v) is 4.69. The van der Waals surface area contributed by atoms with Gasteiger partial charge in [0, 0.05) is 17.6 Å². The van der Waals surface area contributed by atoms with E-state index < -0.39 is 0 Å². The van der Waals surface area contributed by atoms with E-state index in [0.29, 0.717) is 17.7 Å². The summed E-state index contributed by atoms with van der Waals surface area (Å²) in [6.07, 6.45) is 6.34. The molecule has 0 spiro atoms. The largest absolute Gasteiger partial charge is 0.508 e. The number of phenols is 1. The molecule has 1 heterocycles. The summed E-state index contributed by atoms with van der Waals surface area (Å²) in [4.78, 5) is 0. The first-order chi connectivity index (χ1) is 11.3. The molecular weight excluding hydrogens is 282 g/mol. The molecule has 0 unspecified atom stereocenters. The first kappa shape index (κ1) is 14.8. The van der Waals surface area contributed by atoms with Crippen LogP contribution in [0.25, 0.3) is 0 Å². The highest BCUT2D eigenvalue weighted by molar-refractivity contribution is 5.36. The van der Waals surface area contributed by atoms with Crippen molar-refractivity contribution in [3.63, 3.8) is 0 Å². The molecule has 2 aliphatic rings. The smallest absolute Gasteiger partial charge is 0.120 e. The number of hydrogen-bond acceptors (Lipinski definition) is 2. The molecule has 2 aromatic rings. The quantitative estimate of drug-likeness (QED) is 0.837. The van der Waals surface area contributed by atoms with Gasteiger partial charge in [-0.1, -0.05) is 61.4 Å². The maximum atomic E-state index is 10.3. The van der Waals surface area contributed by atoms with Crippen LogP contribution in [-0.4, -0.2) is 11.1 Å². The van der Waals surface area contributed by atoms with Crippen LogP contribution >= 0.6 is 0 Å². The number of phenolic OH excluding ortho intramolecular Hbond substituents is 1. The number of rotatable bonds is 2. The topological polar surface area (TPSA) is 32.3 Å². The summed E-state index contributed by atoms with van der Waals surface area (Å²) in [5.74, 6) is 1.74. The zero-order valence-corrected chi connectivity index (χ0v) is 13.5. The van der Waals surface area contributed by atoms with Crippen molar-refractivity contribution in [3.05, 3.63) is 65.7 Å². The van der Waals surface area contributed by atoms with Gasteiger partial charge in [-0.15, -0.1) is 0 Å². The molecule has 120 valence electrons. The standard InChI is InChI=1S/C21H25NO/c23-21-13-7-5-11-17(21)20-14-18(15-8-2-1-3-9-15)16-10-4-6-12-19(16)22-20/h1-3,5,7-9,11,13,16,18-20,22-23H,4,6,10,12,14H2/t16-,18-,19-,20+/m1/s1. The number of piperidine rings is 1. The average molecular weight is 307 g/mol. The molecule has 0 aromatic heterocycles. The van der Waals surface area contributed by atoms with E-state index in [9.17, 15) is 5.11 Å². The zero-order valence-electron chi connectivity index (χ0n) is 13.5. The summed E-state index contributed by atoms with van der Waals surface area (Å²) < 4.78 is 0. The molecule has 4 rings (SSSR count).